The van der Waals surface area contributed by atoms with Crippen LogP contribution in [-0.4, -0.2) is 11.5 Å². The number of nitrogens with two attached hydrogens (primary N) is 1. The van der Waals surface area contributed by atoms with Gasteiger partial charge in [0.25, 0.3) is 0 Å². The molecular weight excluding hydrogens is 172 g/mol. The van der Waals surface area contributed by atoms with Crippen molar-refractivity contribution in [2.24, 2.45) is 11.7 Å². The molecular formula is C12H18N2. The van der Waals surface area contributed by atoms with Gasteiger partial charge in [0, 0.05) is 17.8 Å². The minimum Gasteiger partial charge on any atom is -0.330 e. The van der Waals surface area contributed by atoms with E-state index in [0.29, 0.717) is 5.92 Å². The van der Waals surface area contributed by atoms with Gasteiger partial charge in [-0.1, -0.05) is 6.07 Å². The van der Waals surface area contributed by atoms with Gasteiger partial charge in [-0.05, 0) is 50.3 Å². The highest BCUT2D eigenvalue weighted by Gasteiger charge is 2.25. The van der Waals surface area contributed by atoms with E-state index >= 15 is 0 Å². The van der Waals surface area contributed by atoms with Crippen LogP contribution < -0.4 is 5.73 Å². The van der Waals surface area contributed by atoms with Crippen LogP contribution in [0.15, 0.2) is 24.4 Å². The van der Waals surface area contributed by atoms with E-state index in [2.05, 4.69) is 17.1 Å². The molecule has 1 aromatic rings. The largest absolute Gasteiger partial charge is 0.330 e. The zero-order valence-corrected chi connectivity index (χ0v) is 8.52. The second-order valence-electron chi connectivity index (χ2n) is 4.21. The van der Waals surface area contributed by atoms with Crippen LogP contribution in [0, 0.1) is 5.92 Å². The standard InChI is InChI=1S/C12H18N2/c13-7-6-10-4-5-11(9-10)12-3-1-2-8-14-12/h1-3,8,10-11H,4-7,9,13H2. The van der Waals surface area contributed by atoms with Gasteiger partial charge in [0.05, 0.1) is 0 Å². The van der Waals surface area contributed by atoms with Gasteiger partial charge in [-0.2, -0.15) is 0 Å². The average Bonchev–Trinajstić information content (AvgIpc) is 2.68. The summed E-state index contributed by atoms with van der Waals surface area (Å²) in [5.41, 5.74) is 6.85. The number of aromatic nitrogens is 1. The first-order valence-corrected chi connectivity index (χ1v) is 5.51. The van der Waals surface area contributed by atoms with Crippen LogP contribution in [0.5, 0.6) is 0 Å². The van der Waals surface area contributed by atoms with Crippen molar-refractivity contribution in [2.45, 2.75) is 31.6 Å². The van der Waals surface area contributed by atoms with Crippen molar-refractivity contribution >= 4 is 0 Å². The Hall–Kier alpha value is -0.890. The highest BCUT2D eigenvalue weighted by atomic mass is 14.7. The first-order valence-electron chi connectivity index (χ1n) is 5.51. The zero-order chi connectivity index (χ0) is 9.80. The fourth-order valence-corrected chi connectivity index (χ4v) is 2.46. The van der Waals surface area contributed by atoms with Crippen LogP contribution in [0.2, 0.25) is 0 Å². The maximum absolute atomic E-state index is 5.58. The molecule has 1 aliphatic carbocycles. The first-order chi connectivity index (χ1) is 6.90. The van der Waals surface area contributed by atoms with Gasteiger partial charge in [-0.15, -0.1) is 0 Å². The molecule has 76 valence electrons. The highest BCUT2D eigenvalue weighted by Crippen LogP contribution is 2.38. The van der Waals surface area contributed by atoms with Crippen molar-refractivity contribution in [1.82, 2.24) is 4.98 Å². The van der Waals surface area contributed by atoms with Crippen LogP contribution in [0.1, 0.15) is 37.3 Å². The van der Waals surface area contributed by atoms with Gasteiger partial charge in [-0.25, -0.2) is 0 Å². The van der Waals surface area contributed by atoms with E-state index in [1.165, 1.54) is 31.4 Å². The minimum absolute atomic E-state index is 0.688. The number of pyridine rings is 1. The van der Waals surface area contributed by atoms with Crippen molar-refractivity contribution < 1.29 is 0 Å². The number of rotatable bonds is 3. The van der Waals surface area contributed by atoms with E-state index in [9.17, 15) is 0 Å². The molecule has 1 saturated carbocycles. The van der Waals surface area contributed by atoms with Gasteiger partial charge in [0.1, 0.15) is 0 Å². The lowest BCUT2D eigenvalue weighted by Gasteiger charge is -2.09. The predicted octanol–water partition coefficient (Wildman–Crippen LogP) is 2.31. The molecule has 0 spiro atoms. The third-order valence-electron chi connectivity index (χ3n) is 3.22. The summed E-state index contributed by atoms with van der Waals surface area (Å²) in [5.74, 6) is 1.53. The smallest absolute Gasteiger partial charge is 0.0434 e. The van der Waals surface area contributed by atoms with Crippen LogP contribution in [0.3, 0.4) is 0 Å². The van der Waals surface area contributed by atoms with E-state index < -0.39 is 0 Å². The van der Waals surface area contributed by atoms with Gasteiger partial charge >= 0.3 is 0 Å². The van der Waals surface area contributed by atoms with Crippen molar-refractivity contribution in [3.8, 4) is 0 Å². The summed E-state index contributed by atoms with van der Waals surface area (Å²) in [6, 6.07) is 6.21. The van der Waals surface area contributed by atoms with E-state index in [4.69, 9.17) is 5.73 Å². The average molecular weight is 190 g/mol. The molecule has 2 N–H and O–H groups in total. The minimum atomic E-state index is 0.688. The lowest BCUT2D eigenvalue weighted by molar-refractivity contribution is 0.501. The van der Waals surface area contributed by atoms with E-state index in [0.717, 1.165) is 12.5 Å². The van der Waals surface area contributed by atoms with Gasteiger partial charge in [-0.3, -0.25) is 4.98 Å². The Morgan fingerprint density at radius 2 is 2.29 bits per heavy atom. The molecule has 0 saturated heterocycles. The number of hydrogen-bond donors (Lipinski definition) is 1. The topological polar surface area (TPSA) is 38.9 Å². The van der Waals surface area contributed by atoms with Crippen LogP contribution in [-0.2, 0) is 0 Å². The molecule has 0 aromatic carbocycles. The molecule has 1 heterocycles. The summed E-state index contributed by atoms with van der Waals surface area (Å²) in [7, 11) is 0. The summed E-state index contributed by atoms with van der Waals surface area (Å²) >= 11 is 0. The molecule has 0 aliphatic heterocycles. The highest BCUT2D eigenvalue weighted by molar-refractivity contribution is 5.11. The van der Waals surface area contributed by atoms with Crippen molar-refractivity contribution in [2.75, 3.05) is 6.54 Å². The molecule has 0 bridgehead atoms. The molecule has 2 nitrogen and oxygen atoms in total. The summed E-state index contributed by atoms with van der Waals surface area (Å²) in [5, 5.41) is 0. The normalized spacial score (nSPS) is 26.6. The molecule has 1 aliphatic rings. The first kappa shape index (κ1) is 9.66. The molecule has 1 fully saturated rings. The molecule has 14 heavy (non-hydrogen) atoms. The van der Waals surface area contributed by atoms with E-state index in [1.807, 2.05) is 12.3 Å². The van der Waals surface area contributed by atoms with E-state index in [-0.39, 0.29) is 0 Å². The molecule has 2 atom stereocenters. The van der Waals surface area contributed by atoms with Crippen LogP contribution in [0.4, 0.5) is 0 Å². The summed E-state index contributed by atoms with van der Waals surface area (Å²) in [6.07, 6.45) is 6.99. The molecule has 0 amide bonds. The van der Waals surface area contributed by atoms with Crippen molar-refractivity contribution in [3.63, 3.8) is 0 Å². The Bertz CT molecular complexity index is 271. The Kier molecular flexibility index (Phi) is 3.14. The Balaban J connectivity index is 1.96. The maximum Gasteiger partial charge on any atom is 0.0434 e. The quantitative estimate of drug-likeness (QED) is 0.794. The van der Waals surface area contributed by atoms with Crippen LogP contribution in [0.25, 0.3) is 0 Å². The summed E-state index contributed by atoms with van der Waals surface area (Å²) < 4.78 is 0. The monoisotopic (exact) mass is 190 g/mol. The van der Waals surface area contributed by atoms with Gasteiger partial charge < -0.3 is 5.73 Å². The molecule has 2 rings (SSSR count). The Labute approximate surface area is 85.5 Å². The van der Waals surface area contributed by atoms with Crippen LogP contribution >= 0.6 is 0 Å². The van der Waals surface area contributed by atoms with Gasteiger partial charge in [0.15, 0.2) is 0 Å². The SMILES string of the molecule is NCCC1CCC(c2ccccn2)C1. The lowest BCUT2D eigenvalue weighted by Crippen LogP contribution is -2.05. The predicted molar refractivity (Wildman–Crippen MR) is 58.0 cm³/mol. The number of nitrogens with zero attached hydrogens (tertiary/aromatic N) is 1. The summed E-state index contributed by atoms with van der Waals surface area (Å²) in [4.78, 5) is 4.42. The van der Waals surface area contributed by atoms with Gasteiger partial charge in [0.2, 0.25) is 0 Å². The van der Waals surface area contributed by atoms with Crippen molar-refractivity contribution in [3.05, 3.63) is 30.1 Å². The fourth-order valence-electron chi connectivity index (χ4n) is 2.46. The molecule has 2 unspecified atom stereocenters. The molecule has 1 aromatic heterocycles. The van der Waals surface area contributed by atoms with E-state index in [1.54, 1.807) is 0 Å². The molecule has 2 heteroatoms. The number of hydrogen-bond acceptors (Lipinski definition) is 2. The second kappa shape index (κ2) is 4.56. The zero-order valence-electron chi connectivity index (χ0n) is 8.52. The third-order valence-corrected chi connectivity index (χ3v) is 3.22. The Morgan fingerprint density at radius 1 is 1.36 bits per heavy atom. The third kappa shape index (κ3) is 2.13. The fraction of sp³-hybridized carbons (Fsp3) is 0.583. The second-order valence-corrected chi connectivity index (χ2v) is 4.21. The lowest BCUT2D eigenvalue weighted by atomic mass is 9.99. The summed E-state index contributed by atoms with van der Waals surface area (Å²) in [6.45, 7) is 0.833. The maximum atomic E-state index is 5.58. The molecule has 0 radical (unpaired) electrons. The van der Waals surface area contributed by atoms with Crippen molar-refractivity contribution in [1.29, 1.82) is 0 Å². The Morgan fingerprint density at radius 3 is 3.00 bits per heavy atom.